The number of rotatable bonds is 8. The van der Waals surface area contributed by atoms with Crippen LogP contribution in [0.5, 0.6) is 0 Å². The highest BCUT2D eigenvalue weighted by molar-refractivity contribution is 5.77. The van der Waals surface area contributed by atoms with Crippen LogP contribution in [0.3, 0.4) is 0 Å². The summed E-state index contributed by atoms with van der Waals surface area (Å²) < 4.78 is 0. The lowest BCUT2D eigenvalue weighted by atomic mass is 9.98. The highest BCUT2D eigenvalue weighted by Crippen LogP contribution is 2.13. The first-order chi connectivity index (χ1) is 7.11. The third-order valence-electron chi connectivity index (χ3n) is 2.23. The summed E-state index contributed by atoms with van der Waals surface area (Å²) in [5, 5.41) is 0. The molecule has 0 spiro atoms. The van der Waals surface area contributed by atoms with Gasteiger partial charge in [-0.15, -0.1) is 0 Å². The molecular formula is C12H25NO2. The van der Waals surface area contributed by atoms with Crippen molar-refractivity contribution in [3.05, 3.63) is 0 Å². The van der Waals surface area contributed by atoms with Crippen LogP contribution in [0.1, 0.15) is 53.4 Å². The molecule has 1 amide bonds. The molecule has 0 bridgehead atoms. The minimum Gasteiger partial charge on any atom is -0.273 e. The number of carbonyl (C=O) groups excluding carboxylic acids is 1. The highest BCUT2D eigenvalue weighted by atomic mass is 16.6. The minimum absolute atomic E-state index is 0.0411. The summed E-state index contributed by atoms with van der Waals surface area (Å²) in [6, 6.07) is 0. The van der Waals surface area contributed by atoms with Crippen LogP contribution in [0.4, 0.5) is 0 Å². The van der Waals surface area contributed by atoms with Gasteiger partial charge in [0, 0.05) is 5.92 Å². The van der Waals surface area contributed by atoms with Crippen LogP contribution < -0.4 is 5.48 Å². The first kappa shape index (κ1) is 14.4. The van der Waals surface area contributed by atoms with Crippen LogP contribution in [-0.4, -0.2) is 12.5 Å². The normalized spacial score (nSPS) is 11.1. The molecular weight excluding hydrogens is 190 g/mol. The molecule has 0 aliphatic carbocycles. The Kier molecular flexibility index (Phi) is 8.38. The van der Waals surface area contributed by atoms with E-state index in [4.69, 9.17) is 4.84 Å². The minimum atomic E-state index is 0.0411. The summed E-state index contributed by atoms with van der Waals surface area (Å²) in [7, 11) is 0. The Morgan fingerprint density at radius 2 is 1.73 bits per heavy atom. The predicted octanol–water partition coefficient (Wildman–Crippen LogP) is 2.91. The topological polar surface area (TPSA) is 38.3 Å². The molecule has 0 saturated heterocycles. The van der Waals surface area contributed by atoms with Gasteiger partial charge in [0.05, 0.1) is 6.61 Å². The monoisotopic (exact) mass is 215 g/mol. The second kappa shape index (κ2) is 8.72. The number of hydrogen-bond donors (Lipinski definition) is 1. The van der Waals surface area contributed by atoms with E-state index in [9.17, 15) is 4.79 Å². The molecule has 90 valence electrons. The van der Waals surface area contributed by atoms with E-state index in [1.54, 1.807) is 0 Å². The average Bonchev–Trinajstić information content (AvgIpc) is 2.16. The van der Waals surface area contributed by atoms with Crippen LogP contribution in [0.2, 0.25) is 0 Å². The van der Waals surface area contributed by atoms with Crippen LogP contribution in [0, 0.1) is 11.8 Å². The molecule has 0 fully saturated rings. The molecule has 0 aromatic heterocycles. The van der Waals surface area contributed by atoms with Crippen molar-refractivity contribution < 1.29 is 9.63 Å². The van der Waals surface area contributed by atoms with Crippen molar-refractivity contribution in [2.45, 2.75) is 53.4 Å². The average molecular weight is 215 g/mol. The van der Waals surface area contributed by atoms with Crippen molar-refractivity contribution >= 4 is 5.91 Å². The Bertz CT molecular complexity index is 163. The molecule has 0 radical (unpaired) electrons. The fourth-order valence-electron chi connectivity index (χ4n) is 1.47. The maximum absolute atomic E-state index is 11.7. The molecule has 0 atom stereocenters. The molecule has 0 aliphatic rings. The zero-order chi connectivity index (χ0) is 11.7. The first-order valence-electron chi connectivity index (χ1n) is 6.03. The van der Waals surface area contributed by atoms with E-state index >= 15 is 0 Å². The maximum Gasteiger partial charge on any atom is 0.246 e. The maximum atomic E-state index is 11.7. The Balaban J connectivity index is 3.80. The number of hydroxylamine groups is 1. The smallest absolute Gasteiger partial charge is 0.246 e. The van der Waals surface area contributed by atoms with Crippen LogP contribution >= 0.6 is 0 Å². The predicted molar refractivity (Wildman–Crippen MR) is 62.2 cm³/mol. The van der Waals surface area contributed by atoms with E-state index in [-0.39, 0.29) is 11.8 Å². The van der Waals surface area contributed by atoms with Crippen LogP contribution in [0.15, 0.2) is 0 Å². The van der Waals surface area contributed by atoms with Gasteiger partial charge < -0.3 is 0 Å². The van der Waals surface area contributed by atoms with Gasteiger partial charge in [0.1, 0.15) is 0 Å². The second-order valence-corrected chi connectivity index (χ2v) is 4.45. The molecule has 15 heavy (non-hydrogen) atoms. The first-order valence-corrected chi connectivity index (χ1v) is 6.03. The van der Waals surface area contributed by atoms with E-state index in [2.05, 4.69) is 33.2 Å². The quantitative estimate of drug-likeness (QED) is 0.632. The third-order valence-corrected chi connectivity index (χ3v) is 2.23. The molecule has 0 aliphatic heterocycles. The van der Waals surface area contributed by atoms with E-state index < -0.39 is 0 Å². The summed E-state index contributed by atoms with van der Waals surface area (Å²) in [5.41, 5.74) is 2.54. The van der Waals surface area contributed by atoms with E-state index in [0.29, 0.717) is 12.5 Å². The lowest BCUT2D eigenvalue weighted by Crippen LogP contribution is -2.31. The van der Waals surface area contributed by atoms with Crippen molar-refractivity contribution in [2.24, 2.45) is 11.8 Å². The van der Waals surface area contributed by atoms with Gasteiger partial charge in [-0.25, -0.2) is 5.48 Å². The summed E-state index contributed by atoms with van der Waals surface area (Å²) >= 11 is 0. The van der Waals surface area contributed by atoms with Gasteiger partial charge in [-0.05, 0) is 18.8 Å². The van der Waals surface area contributed by atoms with Gasteiger partial charge in [-0.3, -0.25) is 9.63 Å². The Labute approximate surface area is 93.5 Å². The molecule has 1 N–H and O–H groups in total. The summed E-state index contributed by atoms with van der Waals surface area (Å²) in [6.07, 6.45) is 3.99. The number of amides is 1. The van der Waals surface area contributed by atoms with Gasteiger partial charge in [-0.1, -0.05) is 40.5 Å². The zero-order valence-corrected chi connectivity index (χ0v) is 10.5. The van der Waals surface area contributed by atoms with Gasteiger partial charge in [0.15, 0.2) is 0 Å². The largest absolute Gasteiger partial charge is 0.273 e. The zero-order valence-electron chi connectivity index (χ0n) is 10.5. The summed E-state index contributed by atoms with van der Waals surface area (Å²) in [5.74, 6) is 0.604. The molecule has 0 heterocycles. The third kappa shape index (κ3) is 7.37. The van der Waals surface area contributed by atoms with E-state index in [0.717, 1.165) is 25.7 Å². The Morgan fingerprint density at radius 3 is 2.13 bits per heavy atom. The van der Waals surface area contributed by atoms with Gasteiger partial charge in [-0.2, -0.15) is 0 Å². The van der Waals surface area contributed by atoms with Gasteiger partial charge >= 0.3 is 0 Å². The molecule has 0 saturated carbocycles. The Hall–Kier alpha value is -0.570. The highest BCUT2D eigenvalue weighted by Gasteiger charge is 2.16. The SMILES string of the molecule is CCCC(CCC)C(=O)NOCC(C)C. The number of hydrogen-bond acceptors (Lipinski definition) is 2. The van der Waals surface area contributed by atoms with Gasteiger partial charge in [0.25, 0.3) is 0 Å². The summed E-state index contributed by atoms with van der Waals surface area (Å²) in [6.45, 7) is 8.90. The molecule has 0 aromatic carbocycles. The number of nitrogens with one attached hydrogen (secondary N) is 1. The molecule has 3 heteroatoms. The molecule has 3 nitrogen and oxygen atoms in total. The Morgan fingerprint density at radius 1 is 1.20 bits per heavy atom. The lowest BCUT2D eigenvalue weighted by Gasteiger charge is -2.15. The molecule has 0 unspecified atom stereocenters. The van der Waals surface area contributed by atoms with Crippen LogP contribution in [-0.2, 0) is 9.63 Å². The van der Waals surface area contributed by atoms with Gasteiger partial charge in [0.2, 0.25) is 5.91 Å². The van der Waals surface area contributed by atoms with Crippen molar-refractivity contribution in [3.63, 3.8) is 0 Å². The molecule has 0 rings (SSSR count). The second-order valence-electron chi connectivity index (χ2n) is 4.45. The fourth-order valence-corrected chi connectivity index (χ4v) is 1.47. The standard InChI is InChI=1S/C12H25NO2/c1-5-7-11(8-6-2)12(14)13-15-9-10(3)4/h10-11H,5-9H2,1-4H3,(H,13,14). The van der Waals surface area contributed by atoms with E-state index in [1.165, 1.54) is 0 Å². The molecule has 0 aromatic rings. The van der Waals surface area contributed by atoms with Crippen molar-refractivity contribution in [1.82, 2.24) is 5.48 Å². The van der Waals surface area contributed by atoms with Crippen molar-refractivity contribution in [1.29, 1.82) is 0 Å². The summed E-state index contributed by atoms with van der Waals surface area (Å²) in [4.78, 5) is 16.8. The van der Waals surface area contributed by atoms with E-state index in [1.807, 2.05) is 0 Å². The lowest BCUT2D eigenvalue weighted by molar-refractivity contribution is -0.139. The number of carbonyl (C=O) groups is 1. The fraction of sp³-hybridized carbons (Fsp3) is 0.917. The van der Waals surface area contributed by atoms with Crippen molar-refractivity contribution in [3.8, 4) is 0 Å². The van der Waals surface area contributed by atoms with Crippen LogP contribution in [0.25, 0.3) is 0 Å². The van der Waals surface area contributed by atoms with Crippen molar-refractivity contribution in [2.75, 3.05) is 6.61 Å².